The minimum atomic E-state index is 0.216. The van der Waals surface area contributed by atoms with Crippen LogP contribution in [-0.2, 0) is 6.54 Å². The predicted molar refractivity (Wildman–Crippen MR) is 77.6 cm³/mol. The van der Waals surface area contributed by atoms with Gasteiger partial charge in [-0.15, -0.1) is 0 Å². The molecule has 1 aliphatic rings. The van der Waals surface area contributed by atoms with Crippen LogP contribution in [0, 0.1) is 5.41 Å². The summed E-state index contributed by atoms with van der Waals surface area (Å²) in [7, 11) is 0. The number of phenolic OH excluding ortho intramolecular Hbond substituents is 1. The zero-order valence-electron chi connectivity index (χ0n) is 12.0. The molecule has 0 radical (unpaired) electrons. The Bertz CT molecular complexity index is 411. The maximum absolute atomic E-state index is 9.66. The molecule has 2 rings (SSSR count). The van der Waals surface area contributed by atoms with Gasteiger partial charge < -0.3 is 15.2 Å². The van der Waals surface area contributed by atoms with E-state index < -0.39 is 0 Å². The van der Waals surface area contributed by atoms with Crippen molar-refractivity contribution in [1.82, 2.24) is 5.32 Å². The van der Waals surface area contributed by atoms with Gasteiger partial charge in [0, 0.05) is 13.1 Å². The Balaban J connectivity index is 1.87. The van der Waals surface area contributed by atoms with Crippen molar-refractivity contribution < 1.29 is 9.84 Å². The van der Waals surface area contributed by atoms with E-state index in [0.717, 1.165) is 18.7 Å². The van der Waals surface area contributed by atoms with Crippen molar-refractivity contribution in [2.75, 3.05) is 13.2 Å². The van der Waals surface area contributed by atoms with Gasteiger partial charge in [-0.2, -0.15) is 0 Å². The van der Waals surface area contributed by atoms with Crippen LogP contribution in [-0.4, -0.2) is 18.3 Å². The zero-order valence-corrected chi connectivity index (χ0v) is 12.0. The van der Waals surface area contributed by atoms with Gasteiger partial charge in [0.1, 0.15) is 0 Å². The molecule has 0 spiro atoms. The fourth-order valence-electron chi connectivity index (χ4n) is 2.85. The number of rotatable bonds is 6. The fourth-order valence-corrected chi connectivity index (χ4v) is 2.85. The van der Waals surface area contributed by atoms with Crippen LogP contribution in [0.4, 0.5) is 0 Å². The molecule has 3 heteroatoms. The van der Waals surface area contributed by atoms with Crippen LogP contribution < -0.4 is 10.1 Å². The molecule has 3 nitrogen and oxygen atoms in total. The summed E-state index contributed by atoms with van der Waals surface area (Å²) >= 11 is 0. The Morgan fingerprint density at radius 2 is 2.05 bits per heavy atom. The molecule has 0 aromatic heterocycles. The van der Waals surface area contributed by atoms with E-state index in [2.05, 4.69) is 12.2 Å². The molecule has 0 saturated heterocycles. The Labute approximate surface area is 116 Å². The molecule has 0 amide bonds. The van der Waals surface area contributed by atoms with Crippen LogP contribution >= 0.6 is 0 Å². The number of hydrogen-bond donors (Lipinski definition) is 2. The lowest BCUT2D eigenvalue weighted by molar-refractivity contribution is 0.312. The predicted octanol–water partition coefficient (Wildman–Crippen LogP) is 3.46. The first-order chi connectivity index (χ1) is 9.13. The highest BCUT2D eigenvalue weighted by atomic mass is 16.5. The van der Waals surface area contributed by atoms with Gasteiger partial charge in [0.25, 0.3) is 0 Å². The quantitative estimate of drug-likeness (QED) is 0.826. The number of hydrogen-bond acceptors (Lipinski definition) is 3. The number of ether oxygens (including phenoxy) is 1. The van der Waals surface area contributed by atoms with Gasteiger partial charge in [-0.25, -0.2) is 0 Å². The molecule has 1 aliphatic carbocycles. The molecule has 0 aliphatic heterocycles. The Morgan fingerprint density at radius 1 is 1.32 bits per heavy atom. The lowest BCUT2D eigenvalue weighted by atomic mass is 9.89. The monoisotopic (exact) mass is 263 g/mol. The summed E-state index contributed by atoms with van der Waals surface area (Å²) in [6, 6.07) is 5.57. The normalized spacial score (nSPS) is 17.6. The molecule has 2 N–H and O–H groups in total. The first kappa shape index (κ1) is 14.2. The minimum absolute atomic E-state index is 0.216. The number of phenols is 1. The van der Waals surface area contributed by atoms with Crippen LogP contribution in [0.3, 0.4) is 0 Å². The Morgan fingerprint density at radius 3 is 2.74 bits per heavy atom. The smallest absolute Gasteiger partial charge is 0.161 e. The van der Waals surface area contributed by atoms with Crippen molar-refractivity contribution in [2.45, 2.75) is 46.1 Å². The third-order valence-corrected chi connectivity index (χ3v) is 4.02. The SMILES string of the molecule is CCOc1cc(CNCC2(C)CCCC2)ccc1O. The number of nitrogens with one attached hydrogen (secondary N) is 1. The molecule has 1 aromatic rings. The van der Waals surface area contributed by atoms with Crippen molar-refractivity contribution in [3.05, 3.63) is 23.8 Å². The van der Waals surface area contributed by atoms with Crippen LogP contribution in [0.2, 0.25) is 0 Å². The zero-order chi connectivity index (χ0) is 13.7. The molecule has 0 unspecified atom stereocenters. The van der Waals surface area contributed by atoms with Gasteiger partial charge in [-0.3, -0.25) is 0 Å². The average Bonchev–Trinajstić information content (AvgIpc) is 2.81. The molecule has 1 aromatic carbocycles. The maximum Gasteiger partial charge on any atom is 0.161 e. The Kier molecular flexibility index (Phi) is 4.70. The first-order valence-electron chi connectivity index (χ1n) is 7.28. The molecule has 0 atom stereocenters. The molecule has 1 fully saturated rings. The summed E-state index contributed by atoms with van der Waals surface area (Å²) < 4.78 is 5.40. The van der Waals surface area contributed by atoms with E-state index in [4.69, 9.17) is 4.74 Å². The number of aromatic hydroxyl groups is 1. The van der Waals surface area contributed by atoms with Gasteiger partial charge in [0.05, 0.1) is 6.61 Å². The minimum Gasteiger partial charge on any atom is -0.504 e. The summed E-state index contributed by atoms with van der Waals surface area (Å²) in [4.78, 5) is 0. The highest BCUT2D eigenvalue weighted by Gasteiger charge is 2.27. The Hall–Kier alpha value is -1.22. The van der Waals surface area contributed by atoms with Gasteiger partial charge in [0.15, 0.2) is 11.5 Å². The van der Waals surface area contributed by atoms with Crippen LogP contribution in [0.25, 0.3) is 0 Å². The van der Waals surface area contributed by atoms with Crippen molar-refractivity contribution in [2.24, 2.45) is 5.41 Å². The van der Waals surface area contributed by atoms with Gasteiger partial charge >= 0.3 is 0 Å². The topological polar surface area (TPSA) is 41.5 Å². The second kappa shape index (κ2) is 6.29. The molecule has 106 valence electrons. The van der Waals surface area contributed by atoms with Crippen molar-refractivity contribution in [3.63, 3.8) is 0 Å². The molecular weight excluding hydrogens is 238 g/mol. The summed E-state index contributed by atoms with van der Waals surface area (Å²) in [6.45, 7) is 6.76. The van der Waals surface area contributed by atoms with E-state index in [1.807, 2.05) is 19.1 Å². The van der Waals surface area contributed by atoms with Crippen LogP contribution in [0.15, 0.2) is 18.2 Å². The molecule has 0 bridgehead atoms. The molecule has 19 heavy (non-hydrogen) atoms. The maximum atomic E-state index is 9.66. The average molecular weight is 263 g/mol. The van der Waals surface area contributed by atoms with Gasteiger partial charge in [-0.1, -0.05) is 25.8 Å². The van der Waals surface area contributed by atoms with Crippen LogP contribution in [0.1, 0.15) is 45.1 Å². The van der Waals surface area contributed by atoms with E-state index in [1.54, 1.807) is 6.07 Å². The lowest BCUT2D eigenvalue weighted by Crippen LogP contribution is -2.29. The van der Waals surface area contributed by atoms with Gasteiger partial charge in [0.2, 0.25) is 0 Å². The lowest BCUT2D eigenvalue weighted by Gasteiger charge is -2.23. The second-order valence-corrected chi connectivity index (χ2v) is 5.86. The third-order valence-electron chi connectivity index (χ3n) is 4.02. The van der Waals surface area contributed by atoms with Crippen molar-refractivity contribution >= 4 is 0 Å². The first-order valence-corrected chi connectivity index (χ1v) is 7.28. The number of benzene rings is 1. The van der Waals surface area contributed by atoms with Gasteiger partial charge in [-0.05, 0) is 42.9 Å². The van der Waals surface area contributed by atoms with Crippen LogP contribution in [0.5, 0.6) is 11.5 Å². The molecular formula is C16H25NO2. The van der Waals surface area contributed by atoms with E-state index in [9.17, 15) is 5.11 Å². The standard InChI is InChI=1S/C16H25NO2/c1-3-19-15-10-13(6-7-14(15)18)11-17-12-16(2)8-4-5-9-16/h6-7,10,17-18H,3-5,8-9,11-12H2,1-2H3. The second-order valence-electron chi connectivity index (χ2n) is 5.86. The summed E-state index contributed by atoms with van der Waals surface area (Å²) in [5, 5.41) is 13.2. The van der Waals surface area contributed by atoms with Crippen molar-refractivity contribution in [1.29, 1.82) is 0 Å². The fraction of sp³-hybridized carbons (Fsp3) is 0.625. The summed E-state index contributed by atoms with van der Waals surface area (Å²) in [6.07, 6.45) is 5.40. The molecule has 1 saturated carbocycles. The summed E-state index contributed by atoms with van der Waals surface area (Å²) in [5.41, 5.74) is 1.63. The van der Waals surface area contributed by atoms with E-state index in [-0.39, 0.29) is 5.75 Å². The van der Waals surface area contributed by atoms with Crippen molar-refractivity contribution in [3.8, 4) is 11.5 Å². The highest BCUT2D eigenvalue weighted by molar-refractivity contribution is 5.41. The largest absolute Gasteiger partial charge is 0.504 e. The van der Waals surface area contributed by atoms with E-state index in [1.165, 1.54) is 25.7 Å². The highest BCUT2D eigenvalue weighted by Crippen LogP contribution is 2.36. The molecule has 0 heterocycles. The summed E-state index contributed by atoms with van der Waals surface area (Å²) in [5.74, 6) is 0.794. The van der Waals surface area contributed by atoms with E-state index in [0.29, 0.717) is 17.8 Å². The third kappa shape index (κ3) is 3.87. The van der Waals surface area contributed by atoms with E-state index >= 15 is 0 Å².